The third-order valence-corrected chi connectivity index (χ3v) is 8.99. The lowest BCUT2D eigenvalue weighted by Gasteiger charge is -2.35. The molecule has 5 N–H and O–H groups in total. The fraction of sp³-hybridized carbons (Fsp3) is 0.741. The summed E-state index contributed by atoms with van der Waals surface area (Å²) in [6, 6.07) is -0.311. The number of nitrogens with one attached hydrogen (secondary N) is 1. The van der Waals surface area contributed by atoms with E-state index in [9.17, 15) is 19.8 Å². The van der Waals surface area contributed by atoms with Crippen molar-refractivity contribution in [3.05, 3.63) is 21.7 Å². The Labute approximate surface area is 218 Å². The quantitative estimate of drug-likeness (QED) is 0.449. The Morgan fingerprint density at radius 1 is 1.28 bits per heavy atom. The number of aliphatic hydroxyl groups is 2. The minimum absolute atomic E-state index is 0.00513. The SMILES string of the molecule is C/C(=C\c1csc(CN)n1)[C@H]1NC(=O)C[C@H](O)C(C)(C)C(=O)[C@H](C)[C@@H](O)[C@@H](C)CCC[C@H]2O[C@H]2[C@@H]1C. The number of rotatable bonds is 3. The van der Waals surface area contributed by atoms with E-state index in [0.717, 1.165) is 35.5 Å². The van der Waals surface area contributed by atoms with Crippen molar-refractivity contribution in [1.82, 2.24) is 10.3 Å². The molecule has 2 aliphatic heterocycles. The van der Waals surface area contributed by atoms with Crippen molar-refractivity contribution in [2.24, 2.45) is 28.9 Å². The van der Waals surface area contributed by atoms with Crippen LogP contribution in [0.1, 0.15) is 77.9 Å². The summed E-state index contributed by atoms with van der Waals surface area (Å²) in [5.41, 5.74) is 6.27. The van der Waals surface area contributed by atoms with E-state index in [0.29, 0.717) is 6.54 Å². The largest absolute Gasteiger partial charge is 0.392 e. The number of Topliss-reactive ketones (excluding diaryl/α,β-unsaturated/α-hetero) is 1. The molecule has 202 valence electrons. The molecule has 36 heavy (non-hydrogen) atoms. The van der Waals surface area contributed by atoms with Gasteiger partial charge in [-0.05, 0) is 37.3 Å². The zero-order chi connectivity index (χ0) is 26.8. The summed E-state index contributed by atoms with van der Waals surface area (Å²) in [7, 11) is 0. The lowest BCUT2D eigenvalue weighted by atomic mass is 9.73. The van der Waals surface area contributed by atoms with E-state index in [1.54, 1.807) is 20.8 Å². The van der Waals surface area contributed by atoms with Gasteiger partial charge in [0.15, 0.2) is 0 Å². The molecule has 3 heterocycles. The van der Waals surface area contributed by atoms with E-state index in [1.165, 1.54) is 11.3 Å². The molecule has 1 amide bonds. The van der Waals surface area contributed by atoms with Gasteiger partial charge in [-0.25, -0.2) is 4.98 Å². The lowest BCUT2D eigenvalue weighted by Crippen LogP contribution is -2.48. The van der Waals surface area contributed by atoms with Crippen molar-refractivity contribution in [2.45, 2.75) is 104 Å². The van der Waals surface area contributed by atoms with Crippen molar-refractivity contribution < 1.29 is 24.5 Å². The molecule has 1 aromatic heterocycles. The molecule has 0 radical (unpaired) electrons. The lowest BCUT2D eigenvalue weighted by molar-refractivity contribution is -0.143. The number of hydrogen-bond acceptors (Lipinski definition) is 8. The summed E-state index contributed by atoms with van der Waals surface area (Å²) in [6.07, 6.45) is 2.42. The van der Waals surface area contributed by atoms with Crippen molar-refractivity contribution >= 4 is 29.1 Å². The van der Waals surface area contributed by atoms with E-state index < -0.39 is 23.5 Å². The maximum Gasteiger partial charge on any atom is 0.223 e. The highest BCUT2D eigenvalue weighted by Crippen LogP contribution is 2.38. The summed E-state index contributed by atoms with van der Waals surface area (Å²) in [4.78, 5) is 30.9. The van der Waals surface area contributed by atoms with Crippen LogP contribution in [0.5, 0.6) is 0 Å². The Morgan fingerprint density at radius 3 is 2.61 bits per heavy atom. The maximum absolute atomic E-state index is 13.3. The van der Waals surface area contributed by atoms with Crippen molar-refractivity contribution in [1.29, 1.82) is 0 Å². The van der Waals surface area contributed by atoms with Crippen LogP contribution in [0.3, 0.4) is 0 Å². The first-order chi connectivity index (χ1) is 16.9. The molecule has 9 heteroatoms. The number of nitrogens with two attached hydrogens (primary N) is 1. The number of carbonyl (C=O) groups excluding carboxylic acids is 2. The number of ketones is 1. The fourth-order valence-electron chi connectivity index (χ4n) is 5.38. The summed E-state index contributed by atoms with van der Waals surface area (Å²) in [6.45, 7) is 11.4. The summed E-state index contributed by atoms with van der Waals surface area (Å²) < 4.78 is 6.02. The molecule has 1 aromatic rings. The maximum atomic E-state index is 13.3. The summed E-state index contributed by atoms with van der Waals surface area (Å²) >= 11 is 1.50. The molecule has 0 bridgehead atoms. The normalized spacial score (nSPS) is 36.8. The monoisotopic (exact) mass is 521 g/mol. The van der Waals surface area contributed by atoms with Gasteiger partial charge < -0.3 is 26.0 Å². The number of hydrogen-bond donors (Lipinski definition) is 4. The van der Waals surface area contributed by atoms with Crippen LogP contribution in [0.2, 0.25) is 0 Å². The van der Waals surface area contributed by atoms with Crippen LogP contribution < -0.4 is 11.1 Å². The van der Waals surface area contributed by atoms with Crippen molar-refractivity contribution in [3.8, 4) is 0 Å². The Kier molecular flexibility index (Phi) is 9.49. The van der Waals surface area contributed by atoms with Gasteiger partial charge in [-0.15, -0.1) is 11.3 Å². The smallest absolute Gasteiger partial charge is 0.223 e. The molecule has 0 aliphatic carbocycles. The number of aliphatic hydroxyl groups excluding tert-OH is 2. The van der Waals surface area contributed by atoms with Gasteiger partial charge in [-0.1, -0.05) is 41.0 Å². The second kappa shape index (κ2) is 11.8. The first kappa shape index (κ1) is 28.9. The Morgan fingerprint density at radius 2 is 1.97 bits per heavy atom. The molecule has 0 unspecified atom stereocenters. The van der Waals surface area contributed by atoms with Crippen LogP contribution in [0.4, 0.5) is 0 Å². The first-order valence-electron chi connectivity index (χ1n) is 13.0. The number of ether oxygens (including phenoxy) is 1. The van der Waals surface area contributed by atoms with Crippen LogP contribution in [0.25, 0.3) is 6.08 Å². The Bertz CT molecular complexity index is 961. The molecular weight excluding hydrogens is 478 g/mol. The minimum Gasteiger partial charge on any atom is -0.392 e. The van der Waals surface area contributed by atoms with Gasteiger partial charge in [0.1, 0.15) is 10.8 Å². The predicted molar refractivity (Wildman–Crippen MR) is 141 cm³/mol. The summed E-state index contributed by atoms with van der Waals surface area (Å²) in [5, 5.41) is 27.7. The van der Waals surface area contributed by atoms with Gasteiger partial charge in [0.25, 0.3) is 0 Å². The van der Waals surface area contributed by atoms with Crippen LogP contribution >= 0.6 is 11.3 Å². The zero-order valence-corrected chi connectivity index (χ0v) is 23.2. The first-order valence-corrected chi connectivity index (χ1v) is 13.9. The van der Waals surface area contributed by atoms with Crippen LogP contribution in [-0.2, 0) is 20.9 Å². The third-order valence-electron chi connectivity index (χ3n) is 8.10. The molecule has 2 aliphatic rings. The molecule has 3 rings (SSSR count). The van der Waals surface area contributed by atoms with Gasteiger partial charge in [0, 0.05) is 23.8 Å². The minimum atomic E-state index is -1.18. The van der Waals surface area contributed by atoms with E-state index in [2.05, 4.69) is 17.2 Å². The highest BCUT2D eigenvalue weighted by molar-refractivity contribution is 7.09. The number of fused-ring (bicyclic) bond motifs is 1. The number of epoxide rings is 1. The summed E-state index contributed by atoms with van der Waals surface area (Å²) in [5.74, 6) is -1.26. The third kappa shape index (κ3) is 6.61. The predicted octanol–water partition coefficient (Wildman–Crippen LogP) is 3.06. The molecule has 0 spiro atoms. The molecule has 0 aromatic carbocycles. The number of amides is 1. The van der Waals surface area contributed by atoms with Gasteiger partial charge >= 0.3 is 0 Å². The average Bonchev–Trinajstić information content (AvgIpc) is 3.47. The van der Waals surface area contributed by atoms with E-state index in [1.807, 2.05) is 25.3 Å². The standard InChI is InChI=1S/C27H43N3O5S/c1-14-8-7-9-19-25(35-19)16(3)23(15(2)10-18-13-36-22(12-28)29-18)30-21(32)11-20(31)27(5,6)26(34)17(4)24(14)33/h10,13-14,16-17,19-20,23-25,31,33H,7-9,11-12,28H2,1-6H3,(H,30,32)/b15-10+/t14-,16+,17+,19+,20-,23+,24-,25-/m0/s1. The van der Waals surface area contributed by atoms with Crippen LogP contribution in [0.15, 0.2) is 11.0 Å². The van der Waals surface area contributed by atoms with Gasteiger partial charge in [-0.2, -0.15) is 0 Å². The number of thiazole rings is 1. The molecule has 2 fully saturated rings. The van der Waals surface area contributed by atoms with Crippen molar-refractivity contribution in [2.75, 3.05) is 0 Å². The fourth-order valence-corrected chi connectivity index (χ4v) is 6.01. The van der Waals surface area contributed by atoms with Crippen molar-refractivity contribution in [3.63, 3.8) is 0 Å². The molecule has 8 nitrogen and oxygen atoms in total. The second-order valence-corrected chi connectivity index (χ2v) is 12.2. The molecule has 2 saturated heterocycles. The Hall–Kier alpha value is -1.65. The zero-order valence-electron chi connectivity index (χ0n) is 22.4. The van der Waals surface area contributed by atoms with Gasteiger partial charge in [-0.3, -0.25) is 9.59 Å². The van der Waals surface area contributed by atoms with Gasteiger partial charge in [0.05, 0.1) is 48.0 Å². The molecule has 8 atom stereocenters. The van der Waals surface area contributed by atoms with E-state index in [4.69, 9.17) is 10.5 Å². The van der Waals surface area contributed by atoms with E-state index >= 15 is 0 Å². The Balaban J connectivity index is 1.87. The topological polar surface area (TPSA) is 138 Å². The second-order valence-electron chi connectivity index (χ2n) is 11.3. The highest BCUT2D eigenvalue weighted by Gasteiger charge is 2.47. The average molecular weight is 522 g/mol. The molecular formula is C27H43N3O5S. The number of carbonyl (C=O) groups is 2. The van der Waals surface area contributed by atoms with Crippen LogP contribution in [0, 0.1) is 23.2 Å². The van der Waals surface area contributed by atoms with Crippen LogP contribution in [-0.4, -0.2) is 57.3 Å². The highest BCUT2D eigenvalue weighted by atomic mass is 32.1. The van der Waals surface area contributed by atoms with E-state index in [-0.39, 0.29) is 48.2 Å². The van der Waals surface area contributed by atoms with Gasteiger partial charge in [0.2, 0.25) is 5.91 Å². The number of aromatic nitrogens is 1. The molecule has 0 saturated carbocycles. The number of nitrogens with zero attached hydrogens (tertiary/aromatic N) is 1.